The van der Waals surface area contributed by atoms with Crippen LogP contribution in [0.3, 0.4) is 0 Å². The van der Waals surface area contributed by atoms with Crippen molar-refractivity contribution < 1.29 is 14.7 Å². The van der Waals surface area contributed by atoms with E-state index in [9.17, 15) is 14.7 Å². The summed E-state index contributed by atoms with van der Waals surface area (Å²) in [4.78, 5) is 28.0. The first-order valence-corrected chi connectivity index (χ1v) is 7.81. The van der Waals surface area contributed by atoms with Crippen molar-refractivity contribution in [2.75, 3.05) is 26.2 Å². The number of nitrogens with one attached hydrogen (secondary N) is 1. The number of carboxylic acid groups (broad SMARTS) is 1. The highest BCUT2D eigenvalue weighted by Gasteiger charge is 2.35. The summed E-state index contributed by atoms with van der Waals surface area (Å²) in [6.07, 6.45) is 3.28. The number of amides is 2. The second-order valence-corrected chi connectivity index (χ2v) is 7.22. The average Bonchev–Trinajstić information content (AvgIpc) is 2.71. The number of fused-ring (bicyclic) bond motifs is 1. The van der Waals surface area contributed by atoms with E-state index in [2.05, 4.69) is 10.2 Å². The molecule has 6 heteroatoms. The Bertz CT molecular complexity index is 405. The standard InChI is InChI=1S/C15H27N3O3/c1-15(2,3)12(13(19)20)16-14(21)18-9-5-8-17-7-4-6-11(17)10-18/h11-12H,4-10H2,1-3H3,(H,16,21)(H,19,20). The molecule has 0 aromatic rings. The Kier molecular flexibility index (Phi) is 4.76. The van der Waals surface area contributed by atoms with Crippen LogP contribution in [0.25, 0.3) is 0 Å². The van der Waals surface area contributed by atoms with Crippen molar-refractivity contribution in [1.82, 2.24) is 15.1 Å². The molecule has 2 unspecified atom stereocenters. The van der Waals surface area contributed by atoms with Gasteiger partial charge < -0.3 is 15.3 Å². The third-order valence-corrected chi connectivity index (χ3v) is 4.47. The second kappa shape index (κ2) is 6.22. The Morgan fingerprint density at radius 3 is 2.48 bits per heavy atom. The van der Waals surface area contributed by atoms with E-state index in [4.69, 9.17) is 0 Å². The molecule has 0 saturated carbocycles. The number of nitrogens with zero attached hydrogens (tertiary/aromatic N) is 2. The van der Waals surface area contributed by atoms with Crippen LogP contribution in [-0.4, -0.2) is 65.2 Å². The van der Waals surface area contributed by atoms with E-state index in [1.54, 1.807) is 4.90 Å². The van der Waals surface area contributed by atoms with Gasteiger partial charge in [0.2, 0.25) is 0 Å². The molecular weight excluding hydrogens is 270 g/mol. The highest BCUT2D eigenvalue weighted by Crippen LogP contribution is 2.23. The summed E-state index contributed by atoms with van der Waals surface area (Å²) in [5.41, 5.74) is -0.507. The van der Waals surface area contributed by atoms with Crippen LogP contribution in [-0.2, 0) is 4.79 Å². The SMILES string of the molecule is CC(C)(C)C(NC(=O)N1CCCN2CCCC2C1)C(=O)O. The Labute approximate surface area is 126 Å². The Morgan fingerprint density at radius 1 is 1.19 bits per heavy atom. The molecule has 2 aliphatic rings. The molecule has 6 nitrogen and oxygen atoms in total. The zero-order valence-electron chi connectivity index (χ0n) is 13.3. The van der Waals surface area contributed by atoms with E-state index in [1.165, 1.54) is 6.42 Å². The number of carbonyl (C=O) groups is 2. The molecule has 2 N–H and O–H groups in total. The van der Waals surface area contributed by atoms with Crippen LogP contribution >= 0.6 is 0 Å². The second-order valence-electron chi connectivity index (χ2n) is 7.22. The van der Waals surface area contributed by atoms with Gasteiger partial charge in [-0.3, -0.25) is 4.90 Å². The minimum absolute atomic E-state index is 0.244. The zero-order chi connectivity index (χ0) is 15.6. The topological polar surface area (TPSA) is 72.9 Å². The van der Waals surface area contributed by atoms with E-state index in [-0.39, 0.29) is 6.03 Å². The first-order chi connectivity index (χ1) is 9.79. The van der Waals surface area contributed by atoms with Crippen LogP contribution in [0.15, 0.2) is 0 Å². The lowest BCUT2D eigenvalue weighted by atomic mass is 9.87. The summed E-state index contributed by atoms with van der Waals surface area (Å²) >= 11 is 0. The fourth-order valence-corrected chi connectivity index (χ4v) is 3.25. The van der Waals surface area contributed by atoms with Gasteiger partial charge in [-0.2, -0.15) is 0 Å². The van der Waals surface area contributed by atoms with Gasteiger partial charge in [0.1, 0.15) is 6.04 Å². The summed E-state index contributed by atoms with van der Waals surface area (Å²) in [6.45, 7) is 9.06. The van der Waals surface area contributed by atoms with Crippen LogP contribution in [0.2, 0.25) is 0 Å². The summed E-state index contributed by atoms with van der Waals surface area (Å²) in [5.74, 6) is -0.979. The van der Waals surface area contributed by atoms with E-state index in [0.29, 0.717) is 19.1 Å². The smallest absolute Gasteiger partial charge is 0.326 e. The van der Waals surface area contributed by atoms with E-state index >= 15 is 0 Å². The number of carboxylic acids is 1. The number of carbonyl (C=O) groups excluding carboxylic acids is 1. The number of urea groups is 1. The molecule has 0 aromatic carbocycles. The molecule has 2 rings (SSSR count). The Balaban J connectivity index is 2.00. The van der Waals surface area contributed by atoms with Crippen molar-refractivity contribution in [3.05, 3.63) is 0 Å². The fraction of sp³-hybridized carbons (Fsp3) is 0.867. The van der Waals surface area contributed by atoms with Crippen molar-refractivity contribution in [3.8, 4) is 0 Å². The molecule has 0 aromatic heterocycles. The lowest BCUT2D eigenvalue weighted by Crippen LogP contribution is -2.54. The fourth-order valence-electron chi connectivity index (χ4n) is 3.25. The van der Waals surface area contributed by atoms with Gasteiger partial charge in [-0.15, -0.1) is 0 Å². The molecule has 2 atom stereocenters. The maximum absolute atomic E-state index is 12.4. The van der Waals surface area contributed by atoms with Crippen molar-refractivity contribution in [1.29, 1.82) is 0 Å². The minimum Gasteiger partial charge on any atom is -0.480 e. The van der Waals surface area contributed by atoms with Crippen LogP contribution in [0.1, 0.15) is 40.0 Å². The molecule has 2 aliphatic heterocycles. The highest BCUT2D eigenvalue weighted by atomic mass is 16.4. The van der Waals surface area contributed by atoms with E-state index in [1.807, 2.05) is 20.8 Å². The molecule has 0 spiro atoms. The van der Waals surface area contributed by atoms with Crippen molar-refractivity contribution in [3.63, 3.8) is 0 Å². The van der Waals surface area contributed by atoms with Crippen molar-refractivity contribution in [2.24, 2.45) is 5.41 Å². The predicted molar refractivity (Wildman–Crippen MR) is 80.2 cm³/mol. The number of aliphatic carboxylic acids is 1. The first-order valence-electron chi connectivity index (χ1n) is 7.81. The number of hydrogen-bond acceptors (Lipinski definition) is 3. The molecule has 0 radical (unpaired) electrons. The zero-order valence-corrected chi connectivity index (χ0v) is 13.3. The molecular formula is C15H27N3O3. The molecule has 2 fully saturated rings. The van der Waals surface area contributed by atoms with Crippen LogP contribution in [0, 0.1) is 5.41 Å². The van der Waals surface area contributed by atoms with Crippen LogP contribution in [0.5, 0.6) is 0 Å². The first kappa shape index (κ1) is 16.1. The van der Waals surface area contributed by atoms with Gasteiger partial charge in [0.25, 0.3) is 0 Å². The van der Waals surface area contributed by atoms with Crippen LogP contribution < -0.4 is 5.32 Å². The monoisotopic (exact) mass is 297 g/mol. The Morgan fingerprint density at radius 2 is 1.86 bits per heavy atom. The normalized spacial score (nSPS) is 25.1. The van der Waals surface area contributed by atoms with Crippen LogP contribution in [0.4, 0.5) is 4.79 Å². The van der Waals surface area contributed by atoms with Gasteiger partial charge >= 0.3 is 12.0 Å². The summed E-state index contributed by atoms with van der Waals surface area (Å²) in [7, 11) is 0. The average molecular weight is 297 g/mol. The van der Waals surface area contributed by atoms with Gasteiger partial charge in [0.15, 0.2) is 0 Å². The molecule has 2 saturated heterocycles. The van der Waals surface area contributed by atoms with E-state index < -0.39 is 17.4 Å². The Hall–Kier alpha value is -1.30. The van der Waals surface area contributed by atoms with E-state index in [0.717, 1.165) is 25.9 Å². The highest BCUT2D eigenvalue weighted by molar-refractivity contribution is 5.83. The maximum Gasteiger partial charge on any atom is 0.326 e. The molecule has 120 valence electrons. The molecule has 0 aliphatic carbocycles. The largest absolute Gasteiger partial charge is 0.480 e. The molecule has 0 bridgehead atoms. The number of hydrogen-bond donors (Lipinski definition) is 2. The lowest BCUT2D eigenvalue weighted by molar-refractivity contribution is -0.142. The minimum atomic E-state index is -0.979. The number of rotatable bonds is 2. The van der Waals surface area contributed by atoms with Gasteiger partial charge in [-0.25, -0.2) is 9.59 Å². The van der Waals surface area contributed by atoms with Gasteiger partial charge in [0.05, 0.1) is 0 Å². The van der Waals surface area contributed by atoms with Gasteiger partial charge in [-0.05, 0) is 31.2 Å². The summed E-state index contributed by atoms with van der Waals surface area (Å²) < 4.78 is 0. The van der Waals surface area contributed by atoms with Crippen molar-refractivity contribution in [2.45, 2.75) is 52.1 Å². The lowest BCUT2D eigenvalue weighted by Gasteiger charge is -2.31. The van der Waals surface area contributed by atoms with Crippen molar-refractivity contribution >= 4 is 12.0 Å². The molecule has 2 heterocycles. The third kappa shape index (κ3) is 3.87. The maximum atomic E-state index is 12.4. The predicted octanol–water partition coefficient (Wildman–Crippen LogP) is 1.37. The summed E-state index contributed by atoms with van der Waals surface area (Å²) in [6, 6.07) is -0.671. The molecule has 21 heavy (non-hydrogen) atoms. The quantitative estimate of drug-likeness (QED) is 0.807. The molecule has 2 amide bonds. The van der Waals surface area contributed by atoms with Gasteiger partial charge in [0, 0.05) is 25.7 Å². The van der Waals surface area contributed by atoms with Gasteiger partial charge in [-0.1, -0.05) is 20.8 Å². The summed E-state index contributed by atoms with van der Waals surface area (Å²) in [5, 5.41) is 12.0. The third-order valence-electron chi connectivity index (χ3n) is 4.47.